The van der Waals surface area contributed by atoms with Gasteiger partial charge in [0.15, 0.2) is 5.78 Å². The molecule has 1 aliphatic carbocycles. The van der Waals surface area contributed by atoms with Crippen LogP contribution < -0.4 is 5.32 Å². The van der Waals surface area contributed by atoms with Crippen LogP contribution in [-0.2, 0) is 4.79 Å². The number of benzene rings is 2. The van der Waals surface area contributed by atoms with Crippen molar-refractivity contribution >= 4 is 28.5 Å². The summed E-state index contributed by atoms with van der Waals surface area (Å²) in [5, 5.41) is 4.90. The Balaban J connectivity index is 1.54. The number of nitrogens with zero attached hydrogens (tertiary/aromatic N) is 1. The number of nitrogens with one attached hydrogen (secondary N) is 1. The lowest BCUT2D eigenvalue weighted by molar-refractivity contribution is -0.131. The Bertz CT molecular complexity index is 882. The lowest BCUT2D eigenvalue weighted by atomic mass is 9.90. The van der Waals surface area contributed by atoms with Gasteiger partial charge < -0.3 is 5.32 Å². The Labute approximate surface area is 152 Å². The highest BCUT2D eigenvalue weighted by molar-refractivity contribution is 6.11. The van der Waals surface area contributed by atoms with Crippen molar-refractivity contribution in [1.82, 2.24) is 10.2 Å². The summed E-state index contributed by atoms with van der Waals surface area (Å²) in [6.45, 7) is -0.204. The molecule has 0 bridgehead atoms. The van der Waals surface area contributed by atoms with Crippen LogP contribution in [0, 0.1) is 0 Å². The zero-order valence-corrected chi connectivity index (χ0v) is 14.7. The largest absolute Gasteiger partial charge is 0.325 e. The molecule has 3 amide bonds. The van der Waals surface area contributed by atoms with Crippen LogP contribution in [0.15, 0.2) is 42.5 Å². The van der Waals surface area contributed by atoms with Gasteiger partial charge in [-0.25, -0.2) is 4.79 Å². The molecule has 1 saturated heterocycles. The lowest BCUT2D eigenvalue weighted by Crippen LogP contribution is -2.46. The number of Topliss-reactive ketones (excluding diaryl/α,β-unsaturated/α-hetero) is 1. The van der Waals surface area contributed by atoms with E-state index >= 15 is 0 Å². The molecule has 5 heteroatoms. The third-order valence-corrected chi connectivity index (χ3v) is 5.58. The fourth-order valence-electron chi connectivity index (χ4n) is 4.09. The predicted octanol–water partition coefficient (Wildman–Crippen LogP) is 3.67. The highest BCUT2D eigenvalue weighted by Gasteiger charge is 2.51. The number of ketones is 1. The van der Waals surface area contributed by atoms with Crippen molar-refractivity contribution in [2.75, 3.05) is 6.54 Å². The van der Waals surface area contributed by atoms with Gasteiger partial charge in [-0.2, -0.15) is 0 Å². The molecule has 2 fully saturated rings. The summed E-state index contributed by atoms with van der Waals surface area (Å²) in [4.78, 5) is 39.1. The van der Waals surface area contributed by atoms with E-state index in [0.29, 0.717) is 18.4 Å². The number of fused-ring (bicyclic) bond motifs is 1. The smallest absolute Gasteiger partial charge is 0.323 e. The van der Waals surface area contributed by atoms with Crippen LogP contribution in [0.2, 0.25) is 0 Å². The van der Waals surface area contributed by atoms with Crippen molar-refractivity contribution in [2.24, 2.45) is 0 Å². The molecular weight excluding hydrogens is 328 g/mol. The van der Waals surface area contributed by atoms with Gasteiger partial charge in [0.1, 0.15) is 5.54 Å². The number of carbonyl (C=O) groups excluding carboxylic acids is 3. The van der Waals surface area contributed by atoms with E-state index in [1.165, 1.54) is 0 Å². The van der Waals surface area contributed by atoms with Crippen molar-refractivity contribution in [3.63, 3.8) is 0 Å². The first-order chi connectivity index (χ1) is 12.6. The maximum absolute atomic E-state index is 12.9. The molecule has 2 aromatic rings. The Morgan fingerprint density at radius 3 is 2.38 bits per heavy atom. The topological polar surface area (TPSA) is 66.5 Å². The molecule has 26 heavy (non-hydrogen) atoms. The van der Waals surface area contributed by atoms with E-state index in [9.17, 15) is 14.4 Å². The van der Waals surface area contributed by atoms with E-state index in [0.717, 1.165) is 41.4 Å². The minimum absolute atomic E-state index is 0.204. The molecule has 0 atom stereocenters. The molecule has 4 rings (SSSR count). The third kappa shape index (κ3) is 2.87. The minimum Gasteiger partial charge on any atom is -0.323 e. The molecule has 1 heterocycles. The number of carbonyl (C=O) groups is 3. The van der Waals surface area contributed by atoms with Crippen molar-refractivity contribution in [3.8, 4) is 0 Å². The van der Waals surface area contributed by atoms with Gasteiger partial charge in [-0.1, -0.05) is 62.1 Å². The van der Waals surface area contributed by atoms with E-state index in [2.05, 4.69) is 5.32 Å². The fourth-order valence-corrected chi connectivity index (χ4v) is 4.09. The molecule has 0 unspecified atom stereocenters. The molecule has 2 aliphatic rings. The average molecular weight is 350 g/mol. The van der Waals surface area contributed by atoms with Crippen LogP contribution in [0.3, 0.4) is 0 Å². The molecular formula is C21H22N2O3. The Morgan fingerprint density at radius 2 is 1.65 bits per heavy atom. The van der Waals surface area contributed by atoms with Crippen molar-refractivity contribution in [2.45, 2.75) is 44.1 Å². The van der Waals surface area contributed by atoms with Crippen LogP contribution >= 0.6 is 0 Å². The monoisotopic (exact) mass is 350 g/mol. The zero-order chi connectivity index (χ0) is 18.1. The second-order valence-corrected chi connectivity index (χ2v) is 7.30. The molecule has 2 aromatic carbocycles. The molecule has 0 radical (unpaired) electrons. The second kappa shape index (κ2) is 6.56. The fraction of sp³-hybridized carbons (Fsp3) is 0.381. The molecule has 1 spiro atoms. The first-order valence-electron chi connectivity index (χ1n) is 9.25. The number of urea groups is 1. The van der Waals surface area contributed by atoms with Gasteiger partial charge in [-0.3, -0.25) is 14.5 Å². The standard InChI is InChI=1S/C21H22N2O3/c24-18(17-10-9-15-7-3-4-8-16(15)13-17)14-23-19(25)21(22-20(23)26)11-5-1-2-6-12-21/h3-4,7-10,13H,1-2,5-6,11-12,14H2,(H,22,26). The van der Waals surface area contributed by atoms with Gasteiger partial charge in [0.05, 0.1) is 6.54 Å². The molecule has 134 valence electrons. The van der Waals surface area contributed by atoms with E-state index in [1.807, 2.05) is 36.4 Å². The summed E-state index contributed by atoms with van der Waals surface area (Å²) in [5.41, 5.74) is -0.275. The van der Waals surface area contributed by atoms with Gasteiger partial charge in [-0.15, -0.1) is 0 Å². The van der Waals surface area contributed by atoms with Crippen molar-refractivity contribution in [3.05, 3.63) is 48.0 Å². The average Bonchev–Trinajstić information content (AvgIpc) is 2.83. The van der Waals surface area contributed by atoms with Gasteiger partial charge in [0.25, 0.3) is 5.91 Å². The number of hydrogen-bond donors (Lipinski definition) is 1. The van der Waals surface area contributed by atoms with Crippen molar-refractivity contribution < 1.29 is 14.4 Å². The highest BCUT2D eigenvalue weighted by Crippen LogP contribution is 2.32. The highest BCUT2D eigenvalue weighted by atomic mass is 16.2. The molecule has 1 saturated carbocycles. The van der Waals surface area contributed by atoms with Gasteiger partial charge in [0, 0.05) is 5.56 Å². The predicted molar refractivity (Wildman–Crippen MR) is 99.0 cm³/mol. The Kier molecular flexibility index (Phi) is 4.23. The SMILES string of the molecule is O=C(CN1C(=O)NC2(CCCCCC2)C1=O)c1ccc2ccccc2c1. The van der Waals surface area contributed by atoms with E-state index in [-0.39, 0.29) is 18.2 Å². The Morgan fingerprint density at radius 1 is 0.962 bits per heavy atom. The first kappa shape index (κ1) is 16.8. The van der Waals surface area contributed by atoms with Gasteiger partial charge >= 0.3 is 6.03 Å². The third-order valence-electron chi connectivity index (χ3n) is 5.58. The summed E-state index contributed by atoms with van der Waals surface area (Å²) in [6.07, 6.45) is 5.36. The molecule has 1 N–H and O–H groups in total. The molecule has 1 aliphatic heterocycles. The van der Waals surface area contributed by atoms with Crippen LogP contribution in [0.1, 0.15) is 48.9 Å². The lowest BCUT2D eigenvalue weighted by Gasteiger charge is -2.24. The number of rotatable bonds is 3. The maximum Gasteiger partial charge on any atom is 0.325 e. The van der Waals surface area contributed by atoms with Gasteiger partial charge in [-0.05, 0) is 29.7 Å². The zero-order valence-electron chi connectivity index (χ0n) is 14.7. The first-order valence-corrected chi connectivity index (χ1v) is 9.25. The van der Waals surface area contributed by atoms with Crippen LogP contribution in [0.5, 0.6) is 0 Å². The summed E-state index contributed by atoms with van der Waals surface area (Å²) < 4.78 is 0. The summed E-state index contributed by atoms with van der Waals surface area (Å²) >= 11 is 0. The normalized spacial score (nSPS) is 19.6. The second-order valence-electron chi connectivity index (χ2n) is 7.30. The number of imide groups is 1. The summed E-state index contributed by atoms with van der Waals surface area (Å²) in [6, 6.07) is 12.8. The maximum atomic E-state index is 12.9. The number of hydrogen-bond acceptors (Lipinski definition) is 3. The van der Waals surface area contributed by atoms with Crippen LogP contribution in [-0.4, -0.2) is 34.7 Å². The van der Waals surface area contributed by atoms with Crippen LogP contribution in [0.4, 0.5) is 4.79 Å². The Hall–Kier alpha value is -2.69. The van der Waals surface area contributed by atoms with E-state index < -0.39 is 11.6 Å². The summed E-state index contributed by atoms with van der Waals surface area (Å²) in [7, 11) is 0. The molecule has 5 nitrogen and oxygen atoms in total. The van der Waals surface area contributed by atoms with E-state index in [4.69, 9.17) is 0 Å². The van der Waals surface area contributed by atoms with Gasteiger partial charge in [0.2, 0.25) is 0 Å². The van der Waals surface area contributed by atoms with Crippen molar-refractivity contribution in [1.29, 1.82) is 0 Å². The number of amides is 3. The molecule has 0 aromatic heterocycles. The summed E-state index contributed by atoms with van der Waals surface area (Å²) in [5.74, 6) is -0.455. The minimum atomic E-state index is -0.794. The van der Waals surface area contributed by atoms with Crippen LogP contribution in [0.25, 0.3) is 10.8 Å². The van der Waals surface area contributed by atoms with E-state index in [1.54, 1.807) is 6.07 Å². The quantitative estimate of drug-likeness (QED) is 0.678.